The summed E-state index contributed by atoms with van der Waals surface area (Å²) >= 11 is 0. The molecule has 8 heteroatoms. The van der Waals surface area contributed by atoms with Gasteiger partial charge in [-0.1, -0.05) is 0 Å². The Kier molecular flexibility index (Phi) is 4.98. The maximum Gasteiger partial charge on any atom is 0.261 e. The lowest BCUT2D eigenvalue weighted by Crippen LogP contribution is -2.49. The Morgan fingerprint density at radius 3 is 1.00 bits per heavy atom. The predicted octanol–water partition coefficient (Wildman–Crippen LogP) is 1.44. The summed E-state index contributed by atoms with van der Waals surface area (Å²) in [5, 5.41) is 0.842. The van der Waals surface area contributed by atoms with Crippen LogP contribution in [-0.2, 0) is 0 Å². The molecule has 0 fully saturated rings. The Morgan fingerprint density at radius 1 is 0.531 bits per heavy atom. The molecule has 4 amide bonds. The first kappa shape index (κ1) is 22.1. The Balaban J connectivity index is 1.80. The van der Waals surface area contributed by atoms with Crippen molar-refractivity contribution in [1.29, 1.82) is 0 Å². The number of imide groups is 2. The van der Waals surface area contributed by atoms with Gasteiger partial charge in [-0.3, -0.25) is 29.0 Å². The lowest BCUT2D eigenvalue weighted by Gasteiger charge is -2.34. The van der Waals surface area contributed by atoms with E-state index in [0.29, 0.717) is 68.2 Å². The average Bonchev–Trinajstić information content (AvgIpc) is 2.68. The van der Waals surface area contributed by atoms with Gasteiger partial charge >= 0.3 is 0 Å². The molecule has 2 aliphatic heterocycles. The minimum Gasteiger partial charge on any atom is -0.329 e. The number of rotatable bonds is 6. The van der Waals surface area contributed by atoms with Crippen molar-refractivity contribution in [1.82, 2.24) is 9.80 Å². The number of carbonyl (C=O) groups is 4. The largest absolute Gasteiger partial charge is 0.329 e. The van der Waals surface area contributed by atoms with Crippen molar-refractivity contribution in [3.8, 4) is 0 Å². The number of benzene rings is 2. The maximum atomic E-state index is 13.2. The third kappa shape index (κ3) is 3.59. The lowest BCUT2D eigenvalue weighted by molar-refractivity contribution is -0.869. The highest BCUT2D eigenvalue weighted by atomic mass is 16.2. The molecule has 0 saturated heterocycles. The molecular formula is C24H30N4O4+2. The second-order valence-corrected chi connectivity index (χ2v) is 10.6. The molecule has 0 atom stereocenters. The zero-order valence-electron chi connectivity index (χ0n) is 19.6. The van der Waals surface area contributed by atoms with E-state index in [9.17, 15) is 19.2 Å². The summed E-state index contributed by atoms with van der Waals surface area (Å²) in [5.41, 5.74) is 1.45. The molecule has 2 aromatic rings. The molecule has 4 rings (SSSR count). The number of nitrogens with zero attached hydrogens (tertiary/aromatic N) is 4. The van der Waals surface area contributed by atoms with Crippen LogP contribution >= 0.6 is 0 Å². The zero-order valence-corrected chi connectivity index (χ0v) is 19.6. The number of likely N-dealkylation sites (N-methyl/N-ethyl adjacent to an activating group) is 2. The molecule has 0 aromatic heterocycles. The van der Waals surface area contributed by atoms with Crippen LogP contribution in [0.2, 0.25) is 0 Å². The van der Waals surface area contributed by atoms with E-state index in [2.05, 4.69) is 0 Å². The fourth-order valence-corrected chi connectivity index (χ4v) is 4.18. The average molecular weight is 439 g/mol. The van der Waals surface area contributed by atoms with E-state index in [4.69, 9.17) is 0 Å². The molecule has 168 valence electrons. The van der Waals surface area contributed by atoms with E-state index >= 15 is 0 Å². The number of carbonyl (C=O) groups excluding carboxylic acids is 4. The van der Waals surface area contributed by atoms with Crippen molar-refractivity contribution < 1.29 is 28.1 Å². The van der Waals surface area contributed by atoms with Crippen LogP contribution in [0, 0.1) is 0 Å². The molecule has 2 aliphatic rings. The van der Waals surface area contributed by atoms with Crippen LogP contribution in [-0.4, -0.2) is 111 Å². The molecule has 0 spiro atoms. The minimum atomic E-state index is -0.382. The van der Waals surface area contributed by atoms with E-state index in [0.717, 1.165) is 0 Å². The molecule has 0 bridgehead atoms. The summed E-state index contributed by atoms with van der Waals surface area (Å²) in [6.45, 7) is 1.82. The SMILES string of the molecule is C[N+](C)(C)CCN1C(=O)c2ccc3c4c(ccc(c24)C1=O)C(=O)N(CC[N+](C)(C)C)C3=O. The van der Waals surface area contributed by atoms with Crippen LogP contribution in [0.4, 0.5) is 0 Å². The van der Waals surface area contributed by atoms with E-state index in [1.807, 2.05) is 42.3 Å². The van der Waals surface area contributed by atoms with E-state index in [1.54, 1.807) is 24.3 Å². The summed E-state index contributed by atoms with van der Waals surface area (Å²) in [5.74, 6) is -1.53. The molecular weight excluding hydrogens is 408 g/mol. The van der Waals surface area contributed by atoms with Crippen molar-refractivity contribution >= 4 is 34.4 Å². The number of hydrogen-bond acceptors (Lipinski definition) is 4. The van der Waals surface area contributed by atoms with Gasteiger partial charge in [-0.05, 0) is 24.3 Å². The summed E-state index contributed by atoms with van der Waals surface area (Å²) < 4.78 is 1.23. The number of hydrogen-bond donors (Lipinski definition) is 0. The highest BCUT2D eigenvalue weighted by Gasteiger charge is 2.40. The fourth-order valence-electron chi connectivity index (χ4n) is 4.18. The quantitative estimate of drug-likeness (QED) is 0.505. The first-order chi connectivity index (χ1) is 14.8. The summed E-state index contributed by atoms with van der Waals surface area (Å²) in [4.78, 5) is 55.4. The molecule has 32 heavy (non-hydrogen) atoms. The molecule has 2 heterocycles. The summed E-state index contributed by atoms with van der Waals surface area (Å²) in [6, 6.07) is 6.46. The van der Waals surface area contributed by atoms with Gasteiger partial charge in [0.1, 0.15) is 0 Å². The second-order valence-electron chi connectivity index (χ2n) is 10.6. The number of amides is 4. The standard InChI is InChI=1S/C24H30N4O4/c1-27(2,3)13-11-25-21(29)15-7-9-17-20-18(10-8-16(19(15)20)22(25)30)24(32)26(23(17)31)12-14-28(4,5)6/h7-10H,11-14H2,1-6H3/q+2. The third-order valence-corrected chi connectivity index (χ3v) is 6.05. The van der Waals surface area contributed by atoms with Crippen LogP contribution in [0.5, 0.6) is 0 Å². The molecule has 8 nitrogen and oxygen atoms in total. The highest BCUT2D eigenvalue weighted by molar-refractivity contribution is 6.33. The van der Waals surface area contributed by atoms with Crippen LogP contribution < -0.4 is 0 Å². The van der Waals surface area contributed by atoms with Crippen molar-refractivity contribution in [2.24, 2.45) is 0 Å². The molecule has 0 saturated carbocycles. The Labute approximate surface area is 187 Å². The van der Waals surface area contributed by atoms with Crippen LogP contribution in [0.25, 0.3) is 10.8 Å². The van der Waals surface area contributed by atoms with Gasteiger partial charge in [-0.2, -0.15) is 0 Å². The Morgan fingerprint density at radius 2 is 0.781 bits per heavy atom. The van der Waals surface area contributed by atoms with Gasteiger partial charge in [0.15, 0.2) is 0 Å². The predicted molar refractivity (Wildman–Crippen MR) is 120 cm³/mol. The van der Waals surface area contributed by atoms with Crippen LogP contribution in [0.3, 0.4) is 0 Å². The monoisotopic (exact) mass is 438 g/mol. The van der Waals surface area contributed by atoms with Crippen molar-refractivity contribution in [2.45, 2.75) is 0 Å². The molecule has 0 unspecified atom stereocenters. The normalized spacial score (nSPS) is 16.4. The van der Waals surface area contributed by atoms with E-state index < -0.39 is 0 Å². The zero-order chi connectivity index (χ0) is 23.6. The summed E-state index contributed by atoms with van der Waals surface area (Å²) in [6.07, 6.45) is 0. The van der Waals surface area contributed by atoms with Crippen molar-refractivity contribution in [2.75, 3.05) is 68.5 Å². The van der Waals surface area contributed by atoms with Gasteiger partial charge in [0, 0.05) is 33.0 Å². The van der Waals surface area contributed by atoms with Gasteiger partial charge in [-0.25, -0.2) is 0 Å². The number of quaternary nitrogens is 2. The smallest absolute Gasteiger partial charge is 0.261 e. The lowest BCUT2D eigenvalue weighted by atomic mass is 9.86. The van der Waals surface area contributed by atoms with Gasteiger partial charge in [-0.15, -0.1) is 0 Å². The highest BCUT2D eigenvalue weighted by Crippen LogP contribution is 2.37. The second kappa shape index (κ2) is 7.21. The maximum absolute atomic E-state index is 13.2. The third-order valence-electron chi connectivity index (χ3n) is 6.05. The first-order valence-electron chi connectivity index (χ1n) is 10.7. The van der Waals surface area contributed by atoms with E-state index in [-0.39, 0.29) is 23.6 Å². The summed E-state index contributed by atoms with van der Waals surface area (Å²) in [7, 11) is 12.0. The van der Waals surface area contributed by atoms with Crippen molar-refractivity contribution in [3.63, 3.8) is 0 Å². The van der Waals surface area contributed by atoms with Gasteiger partial charge in [0.05, 0.1) is 68.5 Å². The van der Waals surface area contributed by atoms with Crippen molar-refractivity contribution in [3.05, 3.63) is 46.5 Å². The van der Waals surface area contributed by atoms with Gasteiger partial charge in [0.2, 0.25) is 0 Å². The molecule has 0 aliphatic carbocycles. The van der Waals surface area contributed by atoms with E-state index in [1.165, 1.54) is 9.80 Å². The molecule has 0 radical (unpaired) electrons. The van der Waals surface area contributed by atoms with Gasteiger partial charge in [0.25, 0.3) is 23.6 Å². The fraction of sp³-hybridized carbons (Fsp3) is 0.417. The Hall–Kier alpha value is -3.10. The minimum absolute atomic E-state index is 0.294. The van der Waals surface area contributed by atoms with Gasteiger partial charge < -0.3 is 8.97 Å². The molecule has 0 N–H and O–H groups in total. The first-order valence-corrected chi connectivity index (χ1v) is 10.7. The molecule has 2 aromatic carbocycles. The van der Waals surface area contributed by atoms with Crippen LogP contribution in [0.15, 0.2) is 24.3 Å². The van der Waals surface area contributed by atoms with Crippen LogP contribution in [0.1, 0.15) is 41.4 Å². The topological polar surface area (TPSA) is 74.8 Å². The Bertz CT molecular complexity index is 1020.